The van der Waals surface area contributed by atoms with Crippen LogP contribution in [0.4, 0.5) is 4.39 Å². The zero-order valence-electron chi connectivity index (χ0n) is 18.5. The van der Waals surface area contributed by atoms with Crippen molar-refractivity contribution in [2.24, 2.45) is 17.8 Å². The predicted octanol–water partition coefficient (Wildman–Crippen LogP) is 7.83. The third-order valence-electron chi connectivity index (χ3n) is 7.38. The Labute approximate surface area is 187 Å². The second-order valence-corrected chi connectivity index (χ2v) is 9.35. The molecule has 31 heavy (non-hydrogen) atoms. The zero-order valence-corrected chi connectivity index (χ0v) is 18.5. The third kappa shape index (κ3) is 5.37. The van der Waals surface area contributed by atoms with Gasteiger partial charge in [-0.1, -0.05) is 42.2 Å². The largest absolute Gasteiger partial charge is 0.206 e. The smallest absolute Gasteiger partial charge is 0.139 e. The summed E-state index contributed by atoms with van der Waals surface area (Å²) >= 11 is 0. The van der Waals surface area contributed by atoms with Crippen molar-refractivity contribution in [3.8, 4) is 11.8 Å². The highest BCUT2D eigenvalue weighted by Gasteiger charge is 2.35. The minimum Gasteiger partial charge on any atom is -0.206 e. The van der Waals surface area contributed by atoms with Crippen LogP contribution in [0.3, 0.4) is 0 Å². The first-order valence-electron chi connectivity index (χ1n) is 11.8. The summed E-state index contributed by atoms with van der Waals surface area (Å²) in [6.45, 7) is 7.76. The highest BCUT2D eigenvalue weighted by molar-refractivity contribution is 5.45. The van der Waals surface area contributed by atoms with E-state index in [2.05, 4.69) is 49.3 Å². The molecule has 2 saturated carbocycles. The summed E-state index contributed by atoms with van der Waals surface area (Å²) in [5.41, 5.74) is 3.83. The van der Waals surface area contributed by atoms with Gasteiger partial charge in [-0.15, -0.1) is 13.2 Å². The molecule has 2 fully saturated rings. The van der Waals surface area contributed by atoms with Gasteiger partial charge in [0.15, 0.2) is 0 Å². The SMILES string of the molecule is C=CCCc1ccc(C#Cc2ccc(C3CCC4CC(C=C)CCC4C3)cc2F)cc1. The van der Waals surface area contributed by atoms with Crippen LogP contribution in [0.1, 0.15) is 73.1 Å². The van der Waals surface area contributed by atoms with Gasteiger partial charge in [-0.2, -0.15) is 0 Å². The van der Waals surface area contributed by atoms with Gasteiger partial charge in [0.05, 0.1) is 5.56 Å². The van der Waals surface area contributed by atoms with E-state index in [1.165, 1.54) is 44.1 Å². The first-order chi connectivity index (χ1) is 15.2. The Morgan fingerprint density at radius 1 is 0.903 bits per heavy atom. The van der Waals surface area contributed by atoms with E-state index >= 15 is 0 Å². The standard InChI is InChI=1S/C30H33F/c1-3-5-6-23-7-9-24(10-8-23)12-13-25-15-16-29(21-30(25)31)28-18-17-26-19-22(4-2)11-14-27(26)20-28/h3-4,7-10,15-16,21-22,26-28H,1-2,5-6,11,14,17-20H2. The number of aryl methyl sites for hydroxylation is 1. The van der Waals surface area contributed by atoms with Gasteiger partial charge in [0.2, 0.25) is 0 Å². The molecule has 160 valence electrons. The second-order valence-electron chi connectivity index (χ2n) is 9.35. The maximum atomic E-state index is 14.8. The molecule has 0 aromatic heterocycles. The highest BCUT2D eigenvalue weighted by atomic mass is 19.1. The predicted molar refractivity (Wildman–Crippen MR) is 128 cm³/mol. The fourth-order valence-electron chi connectivity index (χ4n) is 5.49. The van der Waals surface area contributed by atoms with E-state index in [4.69, 9.17) is 0 Å². The summed E-state index contributed by atoms with van der Waals surface area (Å²) in [6, 6.07) is 13.9. The van der Waals surface area contributed by atoms with Crippen molar-refractivity contribution >= 4 is 0 Å². The molecule has 0 nitrogen and oxygen atoms in total. The number of rotatable bonds is 5. The number of benzene rings is 2. The quantitative estimate of drug-likeness (QED) is 0.347. The van der Waals surface area contributed by atoms with Crippen LogP contribution < -0.4 is 0 Å². The van der Waals surface area contributed by atoms with Gasteiger partial charge in [0.1, 0.15) is 5.82 Å². The first-order valence-corrected chi connectivity index (χ1v) is 11.8. The van der Waals surface area contributed by atoms with Gasteiger partial charge >= 0.3 is 0 Å². The Kier molecular flexibility index (Phi) is 7.08. The zero-order chi connectivity index (χ0) is 21.6. The Bertz CT molecular complexity index is 972. The Morgan fingerprint density at radius 2 is 1.68 bits per heavy atom. The number of allylic oxidation sites excluding steroid dienone is 2. The topological polar surface area (TPSA) is 0 Å². The van der Waals surface area contributed by atoms with E-state index in [1.54, 1.807) is 6.07 Å². The molecule has 0 aliphatic heterocycles. The van der Waals surface area contributed by atoms with Crippen molar-refractivity contribution in [2.75, 3.05) is 0 Å². The average molecular weight is 413 g/mol. The molecule has 1 heteroatoms. The summed E-state index contributed by atoms with van der Waals surface area (Å²) in [6.07, 6.45) is 13.6. The molecule has 0 amide bonds. The summed E-state index contributed by atoms with van der Waals surface area (Å²) in [5.74, 6) is 8.78. The van der Waals surface area contributed by atoms with Crippen LogP contribution in [0.15, 0.2) is 67.8 Å². The van der Waals surface area contributed by atoms with Crippen LogP contribution >= 0.6 is 0 Å². The fraction of sp³-hybridized carbons (Fsp3) is 0.400. The molecular formula is C30H33F. The normalized spacial score (nSPS) is 25.1. The molecule has 4 rings (SSSR count). The number of hydrogen-bond acceptors (Lipinski definition) is 0. The molecule has 2 aliphatic carbocycles. The molecule has 2 aromatic carbocycles. The van der Waals surface area contributed by atoms with E-state index in [-0.39, 0.29) is 5.82 Å². The van der Waals surface area contributed by atoms with E-state index < -0.39 is 0 Å². The lowest BCUT2D eigenvalue weighted by Gasteiger charge is -2.41. The van der Waals surface area contributed by atoms with Gasteiger partial charge in [-0.05, 0) is 110 Å². The summed E-state index contributed by atoms with van der Waals surface area (Å²) < 4.78 is 14.8. The van der Waals surface area contributed by atoms with Gasteiger partial charge in [0.25, 0.3) is 0 Å². The number of hydrogen-bond donors (Lipinski definition) is 0. The van der Waals surface area contributed by atoms with Gasteiger partial charge < -0.3 is 0 Å². The van der Waals surface area contributed by atoms with Crippen molar-refractivity contribution < 1.29 is 4.39 Å². The van der Waals surface area contributed by atoms with E-state index in [9.17, 15) is 4.39 Å². The number of halogens is 1. The molecule has 0 spiro atoms. The minimum absolute atomic E-state index is 0.190. The molecule has 0 radical (unpaired) electrons. The minimum atomic E-state index is -0.190. The van der Waals surface area contributed by atoms with Crippen LogP contribution in [0.2, 0.25) is 0 Å². The van der Waals surface area contributed by atoms with Gasteiger partial charge in [0, 0.05) is 5.56 Å². The molecule has 0 heterocycles. The van der Waals surface area contributed by atoms with Crippen molar-refractivity contribution in [3.05, 3.63) is 95.8 Å². The van der Waals surface area contributed by atoms with Crippen LogP contribution in [-0.4, -0.2) is 0 Å². The van der Waals surface area contributed by atoms with Crippen molar-refractivity contribution in [2.45, 2.75) is 57.3 Å². The molecule has 2 aliphatic rings. The Hall–Kier alpha value is -2.59. The van der Waals surface area contributed by atoms with Crippen molar-refractivity contribution in [1.82, 2.24) is 0 Å². The highest BCUT2D eigenvalue weighted by Crippen LogP contribution is 2.47. The maximum absolute atomic E-state index is 14.8. The van der Waals surface area contributed by atoms with Gasteiger partial charge in [-0.25, -0.2) is 4.39 Å². The van der Waals surface area contributed by atoms with Crippen molar-refractivity contribution in [1.29, 1.82) is 0 Å². The summed E-state index contributed by atoms with van der Waals surface area (Å²) in [4.78, 5) is 0. The maximum Gasteiger partial charge on any atom is 0.139 e. The molecule has 0 bridgehead atoms. The monoisotopic (exact) mass is 412 g/mol. The molecule has 0 saturated heterocycles. The summed E-state index contributed by atoms with van der Waals surface area (Å²) in [5, 5.41) is 0. The molecule has 4 unspecified atom stereocenters. The van der Waals surface area contributed by atoms with Crippen LogP contribution in [0.5, 0.6) is 0 Å². The average Bonchev–Trinajstić information content (AvgIpc) is 2.82. The third-order valence-corrected chi connectivity index (χ3v) is 7.38. The van der Waals surface area contributed by atoms with Gasteiger partial charge in [-0.3, -0.25) is 0 Å². The van der Waals surface area contributed by atoms with E-state index in [0.29, 0.717) is 17.4 Å². The lowest BCUT2D eigenvalue weighted by molar-refractivity contribution is 0.133. The lowest BCUT2D eigenvalue weighted by Crippen LogP contribution is -2.30. The lowest BCUT2D eigenvalue weighted by atomic mass is 9.64. The number of fused-ring (bicyclic) bond motifs is 1. The Balaban J connectivity index is 1.40. The molecular weight excluding hydrogens is 379 g/mol. The second kappa shape index (κ2) is 10.1. The van der Waals surface area contributed by atoms with Crippen LogP contribution in [0, 0.1) is 35.4 Å². The summed E-state index contributed by atoms with van der Waals surface area (Å²) in [7, 11) is 0. The van der Waals surface area contributed by atoms with Crippen LogP contribution in [0.25, 0.3) is 0 Å². The Morgan fingerprint density at radius 3 is 2.42 bits per heavy atom. The van der Waals surface area contributed by atoms with E-state index in [1.807, 2.05) is 24.3 Å². The van der Waals surface area contributed by atoms with E-state index in [0.717, 1.165) is 35.8 Å². The molecule has 4 atom stereocenters. The molecule has 2 aromatic rings. The molecule has 0 N–H and O–H groups in total. The first kappa shape index (κ1) is 21.6. The van der Waals surface area contributed by atoms with Crippen molar-refractivity contribution in [3.63, 3.8) is 0 Å². The fourth-order valence-corrected chi connectivity index (χ4v) is 5.49. The van der Waals surface area contributed by atoms with Crippen LogP contribution in [-0.2, 0) is 6.42 Å².